The largest absolute Gasteiger partial charge is 0.300 e. The predicted molar refractivity (Wildman–Crippen MR) is 53.4 cm³/mol. The molecule has 0 aromatic rings. The molecule has 0 spiro atoms. The van der Waals surface area contributed by atoms with Gasteiger partial charge in [0.1, 0.15) is 6.67 Å². The first-order valence-corrected chi connectivity index (χ1v) is 5.02. The molecule has 1 fully saturated rings. The van der Waals surface area contributed by atoms with Gasteiger partial charge in [-0.2, -0.15) is 0 Å². The van der Waals surface area contributed by atoms with Crippen molar-refractivity contribution in [1.29, 1.82) is 0 Å². The number of rotatable bonds is 4. The lowest BCUT2D eigenvalue weighted by Crippen LogP contribution is -2.47. The predicted octanol–water partition coefficient (Wildman–Crippen LogP) is 1.19. The lowest BCUT2D eigenvalue weighted by Gasteiger charge is -2.34. The first-order valence-electron chi connectivity index (χ1n) is 5.02. The van der Waals surface area contributed by atoms with E-state index in [0.717, 1.165) is 32.7 Å². The van der Waals surface area contributed by atoms with Gasteiger partial charge in [-0.15, -0.1) is 0 Å². The zero-order valence-corrected chi connectivity index (χ0v) is 8.72. The Labute approximate surface area is 80.7 Å². The van der Waals surface area contributed by atoms with Crippen molar-refractivity contribution in [3.05, 3.63) is 5.92 Å². The average molecular weight is 187 g/mol. The maximum atomic E-state index is 12.0. The average Bonchev–Trinajstić information content (AvgIpc) is 2.08. The summed E-state index contributed by atoms with van der Waals surface area (Å²) in [5.74, 6) is 1.46. The smallest absolute Gasteiger partial charge is 0.102 e. The van der Waals surface area contributed by atoms with Crippen LogP contribution in [-0.4, -0.2) is 55.7 Å². The van der Waals surface area contributed by atoms with E-state index in [9.17, 15) is 4.39 Å². The van der Waals surface area contributed by atoms with E-state index in [1.54, 1.807) is 0 Å². The van der Waals surface area contributed by atoms with Crippen LogP contribution in [0.3, 0.4) is 0 Å². The molecule has 0 amide bonds. The fourth-order valence-corrected chi connectivity index (χ4v) is 1.74. The molecular weight excluding hydrogens is 167 g/mol. The van der Waals surface area contributed by atoms with Crippen LogP contribution in [0.25, 0.3) is 0 Å². The van der Waals surface area contributed by atoms with Crippen molar-refractivity contribution in [1.82, 2.24) is 9.80 Å². The minimum Gasteiger partial charge on any atom is -0.300 e. The van der Waals surface area contributed by atoms with Gasteiger partial charge in [0.25, 0.3) is 0 Å². The molecule has 0 unspecified atom stereocenters. The third-order valence-electron chi connectivity index (χ3n) is 2.41. The Balaban J connectivity index is 2.15. The number of hydrogen-bond acceptors (Lipinski definition) is 2. The molecular formula is C10H20FN2. The van der Waals surface area contributed by atoms with Crippen LogP contribution in [0.1, 0.15) is 13.8 Å². The topological polar surface area (TPSA) is 6.48 Å². The quantitative estimate of drug-likeness (QED) is 0.652. The van der Waals surface area contributed by atoms with Gasteiger partial charge in [-0.05, 0) is 5.92 Å². The number of alkyl halides is 1. The molecule has 1 aliphatic rings. The van der Waals surface area contributed by atoms with Crippen LogP contribution in [0, 0.1) is 5.92 Å². The molecule has 1 rings (SSSR count). The van der Waals surface area contributed by atoms with Crippen LogP contribution in [0.15, 0.2) is 0 Å². The highest BCUT2D eigenvalue weighted by molar-refractivity contribution is 4.84. The van der Waals surface area contributed by atoms with Crippen molar-refractivity contribution in [3.8, 4) is 0 Å². The van der Waals surface area contributed by atoms with E-state index in [1.807, 2.05) is 0 Å². The number of piperazine rings is 1. The molecule has 0 bridgehead atoms. The third-order valence-corrected chi connectivity index (χ3v) is 2.41. The van der Waals surface area contributed by atoms with E-state index in [1.165, 1.54) is 5.92 Å². The Morgan fingerprint density at radius 2 is 1.62 bits per heavy atom. The van der Waals surface area contributed by atoms with Gasteiger partial charge < -0.3 is 4.90 Å². The monoisotopic (exact) mass is 187 g/mol. The van der Waals surface area contributed by atoms with Crippen LogP contribution in [-0.2, 0) is 0 Å². The molecule has 2 nitrogen and oxygen atoms in total. The van der Waals surface area contributed by atoms with E-state index in [2.05, 4.69) is 23.6 Å². The lowest BCUT2D eigenvalue weighted by molar-refractivity contribution is 0.130. The van der Waals surface area contributed by atoms with Gasteiger partial charge in [0.2, 0.25) is 0 Å². The Hall–Kier alpha value is -0.150. The normalized spacial score (nSPS) is 21.2. The van der Waals surface area contributed by atoms with Crippen LogP contribution < -0.4 is 0 Å². The molecule has 1 aliphatic heterocycles. The maximum absolute atomic E-state index is 12.0. The zero-order valence-electron chi connectivity index (χ0n) is 8.72. The fourth-order valence-electron chi connectivity index (χ4n) is 1.74. The minimum absolute atomic E-state index is 0.209. The third kappa shape index (κ3) is 4.05. The summed E-state index contributed by atoms with van der Waals surface area (Å²) in [7, 11) is 0. The number of hydrogen-bond donors (Lipinski definition) is 0. The Morgan fingerprint density at radius 1 is 1.08 bits per heavy atom. The summed E-state index contributed by atoms with van der Waals surface area (Å²) in [6.07, 6.45) is 0. The molecule has 1 heterocycles. The van der Waals surface area contributed by atoms with Gasteiger partial charge >= 0.3 is 0 Å². The Kier molecular flexibility index (Phi) is 4.67. The summed E-state index contributed by atoms with van der Waals surface area (Å²) in [6, 6.07) is 0. The molecule has 1 radical (unpaired) electrons. The van der Waals surface area contributed by atoms with Gasteiger partial charge in [-0.1, -0.05) is 13.8 Å². The maximum Gasteiger partial charge on any atom is 0.102 e. The summed E-state index contributed by atoms with van der Waals surface area (Å²) in [5.41, 5.74) is 0. The molecule has 13 heavy (non-hydrogen) atoms. The number of nitrogens with zero attached hydrogens (tertiary/aromatic N) is 2. The van der Waals surface area contributed by atoms with Crippen molar-refractivity contribution in [2.24, 2.45) is 0 Å². The standard InChI is InChI=1S/C10H20FN2/c1-10(2)9-13-7-5-12(4-3-11)6-8-13/h3-9H2,1-2H3. The van der Waals surface area contributed by atoms with Crippen molar-refractivity contribution in [3.63, 3.8) is 0 Å². The zero-order chi connectivity index (χ0) is 9.68. The van der Waals surface area contributed by atoms with Crippen LogP contribution in [0.2, 0.25) is 0 Å². The van der Waals surface area contributed by atoms with Gasteiger partial charge in [0, 0.05) is 39.3 Å². The van der Waals surface area contributed by atoms with E-state index < -0.39 is 0 Å². The van der Waals surface area contributed by atoms with E-state index in [-0.39, 0.29) is 6.67 Å². The van der Waals surface area contributed by atoms with Crippen LogP contribution in [0.4, 0.5) is 4.39 Å². The fraction of sp³-hybridized carbons (Fsp3) is 0.900. The van der Waals surface area contributed by atoms with Gasteiger partial charge in [0.05, 0.1) is 0 Å². The van der Waals surface area contributed by atoms with Gasteiger partial charge in [-0.25, -0.2) is 4.39 Å². The summed E-state index contributed by atoms with van der Waals surface area (Å²) in [6.45, 7) is 10.1. The molecule has 0 aromatic heterocycles. The molecule has 0 saturated carbocycles. The number of halogens is 1. The van der Waals surface area contributed by atoms with Gasteiger partial charge in [-0.3, -0.25) is 4.90 Å². The second-order valence-corrected chi connectivity index (χ2v) is 4.01. The van der Waals surface area contributed by atoms with Crippen molar-refractivity contribution in [2.75, 3.05) is 45.9 Å². The second-order valence-electron chi connectivity index (χ2n) is 4.01. The molecule has 77 valence electrons. The SMILES string of the molecule is C[C](C)CN1CCN(CCF)CC1. The highest BCUT2D eigenvalue weighted by Gasteiger charge is 2.16. The highest BCUT2D eigenvalue weighted by Crippen LogP contribution is 2.05. The summed E-state index contributed by atoms with van der Waals surface area (Å²) >= 11 is 0. The summed E-state index contributed by atoms with van der Waals surface area (Å²) < 4.78 is 12.0. The summed E-state index contributed by atoms with van der Waals surface area (Å²) in [4.78, 5) is 4.63. The van der Waals surface area contributed by atoms with Crippen LogP contribution in [0.5, 0.6) is 0 Å². The first kappa shape index (κ1) is 10.9. The van der Waals surface area contributed by atoms with E-state index in [4.69, 9.17) is 0 Å². The molecule has 0 aliphatic carbocycles. The van der Waals surface area contributed by atoms with Crippen LogP contribution >= 0.6 is 0 Å². The van der Waals surface area contributed by atoms with E-state index in [0.29, 0.717) is 6.54 Å². The molecule has 0 atom stereocenters. The Bertz CT molecular complexity index is 131. The molecule has 0 N–H and O–H groups in total. The molecule has 1 saturated heterocycles. The van der Waals surface area contributed by atoms with Crippen molar-refractivity contribution in [2.45, 2.75) is 13.8 Å². The van der Waals surface area contributed by atoms with Crippen molar-refractivity contribution < 1.29 is 4.39 Å². The Morgan fingerprint density at radius 3 is 2.08 bits per heavy atom. The minimum atomic E-state index is -0.209. The lowest BCUT2D eigenvalue weighted by atomic mass is 10.2. The van der Waals surface area contributed by atoms with E-state index >= 15 is 0 Å². The first-order chi connectivity index (χ1) is 6.22. The summed E-state index contributed by atoms with van der Waals surface area (Å²) in [5, 5.41) is 0. The van der Waals surface area contributed by atoms with Crippen molar-refractivity contribution >= 4 is 0 Å². The molecule has 0 aromatic carbocycles. The second kappa shape index (κ2) is 5.55. The highest BCUT2D eigenvalue weighted by atomic mass is 19.1. The molecule has 3 heteroatoms. The van der Waals surface area contributed by atoms with Gasteiger partial charge in [0.15, 0.2) is 0 Å².